The summed E-state index contributed by atoms with van der Waals surface area (Å²) in [7, 11) is 0. The number of amides is 1. The van der Waals surface area contributed by atoms with E-state index in [1.165, 1.54) is 6.07 Å². The molecule has 1 heterocycles. The quantitative estimate of drug-likeness (QED) is 0.940. The summed E-state index contributed by atoms with van der Waals surface area (Å²) in [5, 5.41) is 2.43. The third-order valence-electron chi connectivity index (χ3n) is 3.45. The Morgan fingerprint density at radius 3 is 2.61 bits per heavy atom. The third-order valence-corrected chi connectivity index (χ3v) is 3.45. The number of aryl methyl sites for hydroxylation is 1. The van der Waals surface area contributed by atoms with Gasteiger partial charge in [-0.05, 0) is 36.2 Å². The Kier molecular flexibility index (Phi) is 4.41. The fourth-order valence-corrected chi connectivity index (χ4v) is 2.30. The minimum absolute atomic E-state index is 0.0291. The molecule has 0 aromatic heterocycles. The predicted molar refractivity (Wildman–Crippen MR) is 80.7 cm³/mol. The molecule has 2 aromatic rings. The van der Waals surface area contributed by atoms with Gasteiger partial charge in [-0.25, -0.2) is 8.78 Å². The minimum atomic E-state index is -0.794. The summed E-state index contributed by atoms with van der Waals surface area (Å²) >= 11 is 0. The second kappa shape index (κ2) is 6.64. The molecule has 23 heavy (non-hydrogen) atoms. The first-order chi connectivity index (χ1) is 11.1. The van der Waals surface area contributed by atoms with Gasteiger partial charge in [0.1, 0.15) is 24.8 Å². The first-order valence-electron chi connectivity index (χ1n) is 7.25. The highest BCUT2D eigenvalue weighted by atomic mass is 19.1. The Morgan fingerprint density at radius 1 is 1.04 bits per heavy atom. The Labute approximate surface area is 132 Å². The van der Waals surface area contributed by atoms with Crippen LogP contribution in [-0.4, -0.2) is 19.1 Å². The van der Waals surface area contributed by atoms with E-state index < -0.39 is 11.6 Å². The largest absolute Gasteiger partial charge is 0.486 e. The molecule has 0 radical (unpaired) electrons. The van der Waals surface area contributed by atoms with Gasteiger partial charge < -0.3 is 14.8 Å². The lowest BCUT2D eigenvalue weighted by atomic mass is 10.1. The van der Waals surface area contributed by atoms with Crippen LogP contribution < -0.4 is 14.8 Å². The second-order valence-corrected chi connectivity index (χ2v) is 5.15. The maximum absolute atomic E-state index is 13.5. The Hall–Kier alpha value is -2.63. The van der Waals surface area contributed by atoms with Gasteiger partial charge in [-0.2, -0.15) is 0 Å². The first kappa shape index (κ1) is 15.3. The number of carbonyl (C=O) groups excluding carboxylic acids is 1. The van der Waals surface area contributed by atoms with Crippen molar-refractivity contribution in [3.63, 3.8) is 0 Å². The van der Waals surface area contributed by atoms with Gasteiger partial charge in [0.2, 0.25) is 5.91 Å². The van der Waals surface area contributed by atoms with Crippen molar-refractivity contribution in [2.45, 2.75) is 12.8 Å². The van der Waals surface area contributed by atoms with Crippen molar-refractivity contribution < 1.29 is 23.0 Å². The van der Waals surface area contributed by atoms with E-state index in [1.807, 2.05) is 12.1 Å². The van der Waals surface area contributed by atoms with Crippen LogP contribution in [0.4, 0.5) is 14.5 Å². The number of carbonyl (C=O) groups is 1. The molecule has 0 fully saturated rings. The zero-order valence-corrected chi connectivity index (χ0v) is 12.3. The van der Waals surface area contributed by atoms with E-state index >= 15 is 0 Å². The lowest BCUT2D eigenvalue weighted by Crippen LogP contribution is -2.16. The number of ether oxygens (including phenoxy) is 2. The number of nitrogens with one attached hydrogen (secondary N) is 1. The summed E-state index contributed by atoms with van der Waals surface area (Å²) in [4.78, 5) is 11.9. The number of hydrogen-bond acceptors (Lipinski definition) is 3. The van der Waals surface area contributed by atoms with Crippen LogP contribution in [-0.2, 0) is 11.2 Å². The summed E-state index contributed by atoms with van der Waals surface area (Å²) in [6.45, 7) is 1.03. The SMILES string of the molecule is O=C(CCc1ccc2c(c1)OCCO2)Nc1ccc(F)cc1F. The minimum Gasteiger partial charge on any atom is -0.486 e. The normalized spacial score (nSPS) is 12.8. The molecule has 0 bridgehead atoms. The number of benzene rings is 2. The molecule has 0 saturated heterocycles. The molecular weight excluding hydrogens is 304 g/mol. The zero-order valence-electron chi connectivity index (χ0n) is 12.3. The molecule has 0 spiro atoms. The van der Waals surface area contributed by atoms with Gasteiger partial charge in [0.15, 0.2) is 11.5 Å². The topological polar surface area (TPSA) is 47.6 Å². The van der Waals surface area contributed by atoms with Crippen LogP contribution in [0.5, 0.6) is 11.5 Å². The molecule has 1 amide bonds. The highest BCUT2D eigenvalue weighted by Crippen LogP contribution is 2.31. The highest BCUT2D eigenvalue weighted by molar-refractivity contribution is 5.90. The molecule has 0 unspecified atom stereocenters. The van der Waals surface area contributed by atoms with Crippen LogP contribution in [0.1, 0.15) is 12.0 Å². The highest BCUT2D eigenvalue weighted by Gasteiger charge is 2.13. The van der Waals surface area contributed by atoms with E-state index in [9.17, 15) is 13.6 Å². The zero-order chi connectivity index (χ0) is 16.2. The third kappa shape index (κ3) is 3.77. The summed E-state index contributed by atoms with van der Waals surface area (Å²) < 4.78 is 37.2. The van der Waals surface area contributed by atoms with Crippen molar-refractivity contribution in [1.82, 2.24) is 0 Å². The van der Waals surface area contributed by atoms with Crippen molar-refractivity contribution in [3.8, 4) is 11.5 Å². The first-order valence-corrected chi connectivity index (χ1v) is 7.25. The van der Waals surface area contributed by atoms with Crippen molar-refractivity contribution >= 4 is 11.6 Å². The lowest BCUT2D eigenvalue weighted by Gasteiger charge is -2.18. The van der Waals surface area contributed by atoms with Crippen molar-refractivity contribution in [2.75, 3.05) is 18.5 Å². The van der Waals surface area contributed by atoms with E-state index in [1.54, 1.807) is 6.07 Å². The molecule has 3 rings (SSSR count). The number of halogens is 2. The summed E-state index contributed by atoms with van der Waals surface area (Å²) in [5.74, 6) is -0.462. The van der Waals surface area contributed by atoms with Crippen molar-refractivity contribution in [2.24, 2.45) is 0 Å². The monoisotopic (exact) mass is 319 g/mol. The fraction of sp³-hybridized carbons (Fsp3) is 0.235. The van der Waals surface area contributed by atoms with Gasteiger partial charge in [0, 0.05) is 12.5 Å². The summed E-state index contributed by atoms with van der Waals surface area (Å²) in [6, 6.07) is 8.53. The van der Waals surface area contributed by atoms with Gasteiger partial charge in [0.25, 0.3) is 0 Å². The van der Waals surface area contributed by atoms with Crippen LogP contribution in [0, 0.1) is 11.6 Å². The van der Waals surface area contributed by atoms with Crippen molar-refractivity contribution in [3.05, 3.63) is 53.6 Å². The van der Waals surface area contributed by atoms with Crippen LogP contribution in [0.25, 0.3) is 0 Å². The average molecular weight is 319 g/mol. The van der Waals surface area contributed by atoms with Gasteiger partial charge in [-0.1, -0.05) is 6.07 Å². The van der Waals surface area contributed by atoms with Crippen LogP contribution in [0.2, 0.25) is 0 Å². The van der Waals surface area contributed by atoms with E-state index in [0.717, 1.165) is 17.7 Å². The maximum Gasteiger partial charge on any atom is 0.224 e. The maximum atomic E-state index is 13.5. The smallest absolute Gasteiger partial charge is 0.224 e. The number of fused-ring (bicyclic) bond motifs is 1. The Morgan fingerprint density at radius 2 is 1.83 bits per heavy atom. The molecule has 6 heteroatoms. The van der Waals surface area contributed by atoms with Gasteiger partial charge in [0.05, 0.1) is 5.69 Å². The average Bonchev–Trinajstić information content (AvgIpc) is 2.55. The Bertz CT molecular complexity index is 734. The van der Waals surface area contributed by atoms with E-state index in [0.29, 0.717) is 31.1 Å². The lowest BCUT2D eigenvalue weighted by molar-refractivity contribution is -0.116. The molecule has 0 atom stereocenters. The predicted octanol–water partition coefficient (Wildman–Crippen LogP) is 3.31. The molecule has 2 aromatic carbocycles. The summed E-state index contributed by atoms with van der Waals surface area (Å²) in [5.41, 5.74) is 0.891. The van der Waals surface area contributed by atoms with E-state index in [4.69, 9.17) is 9.47 Å². The molecular formula is C17H15F2NO3. The molecule has 1 N–H and O–H groups in total. The molecule has 0 aliphatic carbocycles. The van der Waals surface area contributed by atoms with E-state index in [-0.39, 0.29) is 18.0 Å². The second-order valence-electron chi connectivity index (χ2n) is 5.15. The van der Waals surface area contributed by atoms with Gasteiger partial charge in [-0.15, -0.1) is 0 Å². The van der Waals surface area contributed by atoms with E-state index in [2.05, 4.69) is 5.32 Å². The Balaban J connectivity index is 1.58. The number of hydrogen-bond donors (Lipinski definition) is 1. The molecule has 1 aliphatic heterocycles. The number of anilines is 1. The molecule has 4 nitrogen and oxygen atoms in total. The van der Waals surface area contributed by atoms with Gasteiger partial charge >= 0.3 is 0 Å². The van der Waals surface area contributed by atoms with Crippen LogP contribution in [0.3, 0.4) is 0 Å². The standard InChI is InChI=1S/C17H15F2NO3/c18-12-3-4-14(13(19)10-12)20-17(21)6-2-11-1-5-15-16(9-11)23-8-7-22-15/h1,3-5,9-10H,2,6-8H2,(H,20,21). The molecule has 0 saturated carbocycles. The van der Waals surface area contributed by atoms with Crippen LogP contribution >= 0.6 is 0 Å². The fourth-order valence-electron chi connectivity index (χ4n) is 2.30. The number of rotatable bonds is 4. The molecule has 120 valence electrons. The van der Waals surface area contributed by atoms with Gasteiger partial charge in [-0.3, -0.25) is 4.79 Å². The van der Waals surface area contributed by atoms with Crippen LogP contribution in [0.15, 0.2) is 36.4 Å². The molecule has 1 aliphatic rings. The van der Waals surface area contributed by atoms with Crippen molar-refractivity contribution in [1.29, 1.82) is 0 Å². The summed E-state index contributed by atoms with van der Waals surface area (Å²) in [6.07, 6.45) is 0.655.